The van der Waals surface area contributed by atoms with Crippen LogP contribution in [0.3, 0.4) is 0 Å². The largest absolute Gasteiger partial charge is 0.387 e. The number of anilines is 2. The summed E-state index contributed by atoms with van der Waals surface area (Å²) in [5.74, 6) is -1.48. The van der Waals surface area contributed by atoms with E-state index in [4.69, 9.17) is 0 Å². The predicted molar refractivity (Wildman–Crippen MR) is 153 cm³/mol. The summed E-state index contributed by atoms with van der Waals surface area (Å²) in [6.07, 6.45) is 9.19. The monoisotopic (exact) mass is 549 g/mol. The van der Waals surface area contributed by atoms with Gasteiger partial charge in [0.25, 0.3) is 5.91 Å². The van der Waals surface area contributed by atoms with E-state index in [0.29, 0.717) is 11.4 Å². The number of hydrogen-bond donors (Lipinski definition) is 2. The highest BCUT2D eigenvalue weighted by molar-refractivity contribution is 7.90. The number of sulfone groups is 1. The maximum Gasteiger partial charge on any atom is 0.254 e. The number of aliphatic hydroxyl groups is 1. The van der Waals surface area contributed by atoms with Gasteiger partial charge in [-0.05, 0) is 70.0 Å². The number of benzene rings is 2. The van der Waals surface area contributed by atoms with E-state index in [-0.39, 0.29) is 10.8 Å². The Morgan fingerprint density at radius 2 is 1.67 bits per heavy atom. The van der Waals surface area contributed by atoms with E-state index in [1.165, 1.54) is 22.6 Å². The van der Waals surface area contributed by atoms with Gasteiger partial charge in [0.2, 0.25) is 5.91 Å². The van der Waals surface area contributed by atoms with Crippen LogP contribution in [0.15, 0.2) is 94.9 Å². The second kappa shape index (κ2) is 11.7. The summed E-state index contributed by atoms with van der Waals surface area (Å²) in [4.78, 5) is 28.5. The molecule has 0 spiro atoms. The summed E-state index contributed by atoms with van der Waals surface area (Å²) in [6.45, 7) is 6.05. The Morgan fingerprint density at radius 3 is 2.28 bits per heavy atom. The van der Waals surface area contributed by atoms with Crippen LogP contribution in [0.4, 0.5) is 11.4 Å². The first kappa shape index (κ1) is 28.5. The zero-order valence-electron chi connectivity index (χ0n) is 22.6. The molecule has 4 atom stereocenters. The lowest BCUT2D eigenvalue weighted by molar-refractivity contribution is -0.123. The lowest BCUT2D eigenvalue weighted by atomic mass is 9.92. The number of allylic oxidation sites excluding steroid dienone is 3. The molecule has 8 nitrogen and oxygen atoms in total. The molecule has 1 saturated heterocycles. The van der Waals surface area contributed by atoms with Crippen molar-refractivity contribution in [3.05, 3.63) is 90.0 Å². The van der Waals surface area contributed by atoms with Gasteiger partial charge < -0.3 is 10.5 Å². The van der Waals surface area contributed by atoms with E-state index in [1.54, 1.807) is 59.6 Å². The summed E-state index contributed by atoms with van der Waals surface area (Å²) in [6, 6.07) is 13.4. The van der Waals surface area contributed by atoms with Crippen LogP contribution in [0.5, 0.6) is 0 Å². The van der Waals surface area contributed by atoms with Crippen LogP contribution in [-0.2, 0) is 19.4 Å². The summed E-state index contributed by atoms with van der Waals surface area (Å²) in [5.41, 5.74) is 6.45. The van der Waals surface area contributed by atoms with Gasteiger partial charge in [-0.2, -0.15) is 0 Å². The molecule has 206 valence electrons. The number of para-hydroxylation sites is 1. The minimum atomic E-state index is -3.38. The highest BCUT2D eigenvalue weighted by Gasteiger charge is 2.53. The zero-order valence-corrected chi connectivity index (χ0v) is 23.4. The van der Waals surface area contributed by atoms with Crippen molar-refractivity contribution in [1.29, 1.82) is 0 Å². The lowest BCUT2D eigenvalue weighted by Gasteiger charge is -2.40. The predicted octanol–water partition coefficient (Wildman–Crippen LogP) is 4.27. The fraction of sp³-hybridized carbons (Fsp3) is 0.333. The molecule has 0 aromatic heterocycles. The van der Waals surface area contributed by atoms with Gasteiger partial charge in [0.05, 0.1) is 28.6 Å². The highest BCUT2D eigenvalue weighted by atomic mass is 32.2. The molecule has 0 radical (unpaired) electrons. The van der Waals surface area contributed by atoms with Crippen molar-refractivity contribution in [2.75, 3.05) is 16.6 Å². The van der Waals surface area contributed by atoms with Gasteiger partial charge in [0, 0.05) is 11.9 Å². The molecule has 2 aliphatic heterocycles. The van der Waals surface area contributed by atoms with E-state index in [2.05, 4.69) is 11.5 Å². The Labute approximate surface area is 230 Å². The number of carbonyl (C=O) groups is 2. The summed E-state index contributed by atoms with van der Waals surface area (Å²) in [7, 11) is -3.38. The Kier molecular flexibility index (Phi) is 8.54. The first-order valence-corrected chi connectivity index (χ1v) is 14.8. The summed E-state index contributed by atoms with van der Waals surface area (Å²) in [5, 5.41) is 12.9. The van der Waals surface area contributed by atoms with Gasteiger partial charge in [0.1, 0.15) is 6.04 Å². The number of carbonyl (C=O) groups excluding carboxylic acids is 2. The maximum absolute atomic E-state index is 13.7. The normalized spacial score (nSPS) is 22.5. The van der Waals surface area contributed by atoms with E-state index >= 15 is 0 Å². The topological polar surface area (TPSA) is 107 Å². The van der Waals surface area contributed by atoms with Crippen molar-refractivity contribution in [3.8, 4) is 0 Å². The maximum atomic E-state index is 13.7. The molecule has 2 heterocycles. The van der Waals surface area contributed by atoms with Crippen molar-refractivity contribution in [2.24, 2.45) is 5.92 Å². The third-order valence-electron chi connectivity index (χ3n) is 6.91. The zero-order chi connectivity index (χ0) is 28.3. The van der Waals surface area contributed by atoms with Crippen molar-refractivity contribution >= 4 is 33.0 Å². The minimum Gasteiger partial charge on any atom is -0.387 e. The van der Waals surface area contributed by atoms with Crippen LogP contribution < -0.4 is 10.3 Å². The molecule has 9 heteroatoms. The Balaban J connectivity index is 1.67. The van der Waals surface area contributed by atoms with Crippen LogP contribution in [0.1, 0.15) is 33.6 Å². The van der Waals surface area contributed by atoms with Gasteiger partial charge >= 0.3 is 0 Å². The quantitative estimate of drug-likeness (QED) is 0.355. The fourth-order valence-electron chi connectivity index (χ4n) is 4.91. The van der Waals surface area contributed by atoms with Gasteiger partial charge in [-0.15, -0.1) is 0 Å². The number of fused-ring (bicyclic) bond motifs is 1. The molecule has 1 fully saturated rings. The van der Waals surface area contributed by atoms with Crippen LogP contribution in [-0.4, -0.2) is 54.8 Å². The van der Waals surface area contributed by atoms with Crippen LogP contribution in [0, 0.1) is 5.92 Å². The number of amides is 2. The number of nitrogens with zero attached hydrogens (tertiary/aromatic N) is 2. The second-order valence-electron chi connectivity index (χ2n) is 10.3. The Bertz CT molecular complexity index is 1410. The van der Waals surface area contributed by atoms with Crippen LogP contribution >= 0.6 is 0 Å². The molecule has 2 aromatic rings. The first-order chi connectivity index (χ1) is 18.5. The summed E-state index contributed by atoms with van der Waals surface area (Å²) < 4.78 is 23.8. The van der Waals surface area contributed by atoms with Crippen LogP contribution in [0.2, 0.25) is 0 Å². The van der Waals surface area contributed by atoms with E-state index in [0.717, 1.165) is 24.7 Å². The van der Waals surface area contributed by atoms with Crippen molar-refractivity contribution < 1.29 is 23.1 Å². The van der Waals surface area contributed by atoms with E-state index < -0.39 is 39.8 Å². The molecule has 0 saturated carbocycles. The molecule has 0 aliphatic carbocycles. The van der Waals surface area contributed by atoms with Crippen LogP contribution in [0.25, 0.3) is 0 Å². The third kappa shape index (κ3) is 6.38. The molecule has 39 heavy (non-hydrogen) atoms. The third-order valence-corrected chi connectivity index (χ3v) is 8.04. The Morgan fingerprint density at radius 1 is 1.00 bits per heavy atom. The fourth-order valence-corrected chi connectivity index (χ4v) is 5.54. The van der Waals surface area contributed by atoms with Gasteiger partial charge in [0.15, 0.2) is 9.84 Å². The van der Waals surface area contributed by atoms with Crippen molar-refractivity contribution in [2.45, 2.75) is 56.7 Å². The molecule has 0 bridgehead atoms. The lowest BCUT2D eigenvalue weighted by Crippen LogP contribution is -2.57. The molecule has 3 unspecified atom stereocenters. The number of hydrogen-bond acceptors (Lipinski definition) is 7. The smallest absolute Gasteiger partial charge is 0.254 e. The number of rotatable bonds is 9. The van der Waals surface area contributed by atoms with Gasteiger partial charge in [-0.3, -0.25) is 9.59 Å². The van der Waals surface area contributed by atoms with E-state index in [9.17, 15) is 23.1 Å². The minimum absolute atomic E-state index is 0.165. The van der Waals surface area contributed by atoms with Gasteiger partial charge in [-0.25, -0.2) is 18.3 Å². The summed E-state index contributed by atoms with van der Waals surface area (Å²) >= 11 is 0. The Hall–Kier alpha value is -3.53. The molecule has 2 amide bonds. The van der Waals surface area contributed by atoms with Crippen molar-refractivity contribution in [3.63, 3.8) is 0 Å². The van der Waals surface area contributed by atoms with Gasteiger partial charge in [-0.1, -0.05) is 53.6 Å². The molecule has 2 N–H and O–H groups in total. The SMILES string of the molecule is CC(C)=CCC/C(C)=C/C(O)[C@@H]1C=CC2C(=O)N(c3ccccc3)C(=O)C2N1Nc1ccc(S(C)(=O)=O)cc1. The number of imide groups is 1. The second-order valence-corrected chi connectivity index (χ2v) is 12.3. The number of hydrazine groups is 1. The first-order valence-electron chi connectivity index (χ1n) is 12.9. The average molecular weight is 550 g/mol. The molecule has 2 aliphatic rings. The highest BCUT2D eigenvalue weighted by Crippen LogP contribution is 2.36. The standard InChI is InChI=1S/C30H35N3O5S/c1-20(2)9-8-10-21(3)19-27(34)26-18-17-25-28(30(36)32(29(25)35)23-11-6-5-7-12-23)33(26)31-22-13-15-24(16-14-22)39(4,37)38/h5-7,9,11-19,25-28,31,34H,8,10H2,1-4H3/b21-19+/t25?,26-,27?,28?/m0/s1. The number of aliphatic hydroxyl groups excluding tert-OH is 1. The molecular weight excluding hydrogens is 514 g/mol. The van der Waals surface area contributed by atoms with E-state index in [1.807, 2.05) is 26.8 Å². The molecule has 2 aromatic carbocycles. The average Bonchev–Trinajstić information content (AvgIpc) is 3.14. The molecular formula is C30H35N3O5S. The van der Waals surface area contributed by atoms with Crippen molar-refractivity contribution in [1.82, 2.24) is 5.01 Å². The molecule has 4 rings (SSSR count). The number of nitrogens with one attached hydrogen (secondary N) is 1.